The molecule has 5 rings (SSSR count). The summed E-state index contributed by atoms with van der Waals surface area (Å²) in [5.41, 5.74) is 2.30. The third-order valence-corrected chi connectivity index (χ3v) is 5.79. The Balaban J connectivity index is 1.49. The maximum absolute atomic E-state index is 13.4. The van der Waals surface area contributed by atoms with E-state index in [4.69, 9.17) is 4.74 Å². The van der Waals surface area contributed by atoms with E-state index < -0.39 is 5.60 Å². The van der Waals surface area contributed by atoms with Crippen LogP contribution in [0.25, 0.3) is 27.4 Å². The van der Waals surface area contributed by atoms with Crippen LogP contribution in [0.1, 0.15) is 20.8 Å². The maximum atomic E-state index is 13.4. The van der Waals surface area contributed by atoms with Crippen molar-refractivity contribution in [2.45, 2.75) is 26.4 Å². The summed E-state index contributed by atoms with van der Waals surface area (Å²) in [6, 6.07) is 10.4. The van der Waals surface area contributed by atoms with Crippen LogP contribution in [0.4, 0.5) is 14.9 Å². The highest BCUT2D eigenvalue weighted by atomic mass is 19.1. The van der Waals surface area contributed by atoms with Crippen molar-refractivity contribution >= 4 is 33.5 Å². The minimum Gasteiger partial charge on any atom is -0.444 e. The normalized spacial score (nSPS) is 14.8. The Morgan fingerprint density at radius 1 is 1.00 bits per heavy atom. The predicted molar refractivity (Wildman–Crippen MR) is 126 cm³/mol. The largest absolute Gasteiger partial charge is 0.444 e. The van der Waals surface area contributed by atoms with Crippen LogP contribution in [0.5, 0.6) is 0 Å². The average Bonchev–Trinajstić information content (AvgIpc) is 3.22. The van der Waals surface area contributed by atoms with Crippen LogP contribution in [-0.2, 0) is 4.74 Å². The molecule has 3 heterocycles. The summed E-state index contributed by atoms with van der Waals surface area (Å²) >= 11 is 0. The summed E-state index contributed by atoms with van der Waals surface area (Å²) in [5, 5.41) is 7.61. The van der Waals surface area contributed by atoms with E-state index in [1.165, 1.54) is 12.1 Å². The van der Waals surface area contributed by atoms with Crippen molar-refractivity contribution in [3.05, 3.63) is 60.8 Å². The first-order valence-corrected chi connectivity index (χ1v) is 11.0. The molecule has 0 atom stereocenters. The molecule has 170 valence electrons. The summed E-state index contributed by atoms with van der Waals surface area (Å²) in [5.74, 6) is -0.280. The average molecular weight is 448 g/mol. The van der Waals surface area contributed by atoms with Crippen molar-refractivity contribution in [3.63, 3.8) is 0 Å². The molecule has 1 amide bonds. The summed E-state index contributed by atoms with van der Waals surface area (Å²) < 4.78 is 20.8. The SMILES string of the molecule is CC(C)(C)OC(=O)N1CCN(c2cc3cnn(-c4ccc(F)cc4)c3c3ccncc23)CC1. The molecular weight excluding hydrogens is 421 g/mol. The van der Waals surface area contributed by atoms with Crippen LogP contribution < -0.4 is 4.90 Å². The third-order valence-electron chi connectivity index (χ3n) is 5.79. The number of carbonyl (C=O) groups is 1. The number of anilines is 1. The van der Waals surface area contributed by atoms with Crippen molar-refractivity contribution < 1.29 is 13.9 Å². The number of hydrogen-bond donors (Lipinski definition) is 0. The van der Waals surface area contributed by atoms with E-state index >= 15 is 0 Å². The van der Waals surface area contributed by atoms with Gasteiger partial charge in [0.25, 0.3) is 0 Å². The van der Waals surface area contributed by atoms with Crippen molar-refractivity contribution in [3.8, 4) is 5.69 Å². The number of aromatic nitrogens is 3. The first-order valence-electron chi connectivity index (χ1n) is 11.0. The molecule has 0 saturated carbocycles. The summed E-state index contributed by atoms with van der Waals surface area (Å²) in [4.78, 5) is 20.8. The topological polar surface area (TPSA) is 63.5 Å². The Hall–Kier alpha value is -3.68. The fraction of sp³-hybridized carbons (Fsp3) is 0.320. The second-order valence-corrected chi connectivity index (χ2v) is 9.24. The molecule has 0 N–H and O–H groups in total. The fourth-order valence-electron chi connectivity index (χ4n) is 4.26. The summed E-state index contributed by atoms with van der Waals surface area (Å²) in [7, 11) is 0. The molecule has 0 spiro atoms. The highest BCUT2D eigenvalue weighted by molar-refractivity contribution is 6.11. The number of pyridine rings is 1. The second kappa shape index (κ2) is 8.03. The lowest BCUT2D eigenvalue weighted by atomic mass is 10.1. The van der Waals surface area contributed by atoms with E-state index in [2.05, 4.69) is 21.0 Å². The molecule has 0 radical (unpaired) electrons. The molecule has 0 unspecified atom stereocenters. The molecular formula is C25H26FN5O2. The maximum Gasteiger partial charge on any atom is 0.410 e. The van der Waals surface area contributed by atoms with Gasteiger partial charge in [0.05, 0.1) is 17.4 Å². The predicted octanol–water partition coefficient (Wildman–Crippen LogP) is 4.77. The molecule has 4 aromatic rings. The van der Waals surface area contributed by atoms with Gasteiger partial charge in [-0.3, -0.25) is 4.98 Å². The minimum absolute atomic E-state index is 0.273. The van der Waals surface area contributed by atoms with E-state index in [1.54, 1.807) is 23.2 Å². The van der Waals surface area contributed by atoms with E-state index in [1.807, 2.05) is 43.9 Å². The monoisotopic (exact) mass is 447 g/mol. The van der Waals surface area contributed by atoms with Gasteiger partial charge in [0.2, 0.25) is 0 Å². The Kier molecular flexibility index (Phi) is 5.15. The van der Waals surface area contributed by atoms with Crippen molar-refractivity contribution in [2.24, 2.45) is 0 Å². The smallest absolute Gasteiger partial charge is 0.410 e. The lowest BCUT2D eigenvalue weighted by Crippen LogP contribution is -2.50. The zero-order chi connectivity index (χ0) is 23.2. The van der Waals surface area contributed by atoms with Crippen molar-refractivity contribution in [1.82, 2.24) is 19.7 Å². The van der Waals surface area contributed by atoms with Gasteiger partial charge in [0, 0.05) is 60.4 Å². The molecule has 0 aliphatic carbocycles. The Morgan fingerprint density at radius 3 is 2.42 bits per heavy atom. The van der Waals surface area contributed by atoms with Gasteiger partial charge in [-0.15, -0.1) is 0 Å². The van der Waals surface area contributed by atoms with Gasteiger partial charge in [-0.25, -0.2) is 13.9 Å². The second-order valence-electron chi connectivity index (χ2n) is 9.24. The van der Waals surface area contributed by atoms with Crippen LogP contribution in [0, 0.1) is 5.82 Å². The standard InChI is InChI=1S/C25H26FN5O2/c1-25(2,3)33-24(32)30-12-10-29(11-13-30)22-14-17-15-28-31(19-6-4-18(26)5-7-19)23(17)20-8-9-27-16-21(20)22/h4-9,14-16H,10-13H2,1-3H3. The van der Waals surface area contributed by atoms with Crippen molar-refractivity contribution in [1.29, 1.82) is 0 Å². The lowest BCUT2D eigenvalue weighted by Gasteiger charge is -2.37. The Morgan fingerprint density at radius 2 is 1.73 bits per heavy atom. The van der Waals surface area contributed by atoms with Gasteiger partial charge >= 0.3 is 6.09 Å². The number of nitrogens with zero attached hydrogens (tertiary/aromatic N) is 5. The Bertz CT molecular complexity index is 1320. The number of carbonyl (C=O) groups excluding carboxylic acids is 1. The van der Waals surface area contributed by atoms with Crippen LogP contribution in [0.2, 0.25) is 0 Å². The van der Waals surface area contributed by atoms with E-state index in [9.17, 15) is 9.18 Å². The van der Waals surface area contributed by atoms with E-state index in [0.29, 0.717) is 26.2 Å². The highest BCUT2D eigenvalue weighted by Gasteiger charge is 2.27. The zero-order valence-electron chi connectivity index (χ0n) is 19.0. The first kappa shape index (κ1) is 21.2. The Labute approximate surface area is 191 Å². The van der Waals surface area contributed by atoms with Gasteiger partial charge in [0.15, 0.2) is 0 Å². The summed E-state index contributed by atoms with van der Waals surface area (Å²) in [6.07, 6.45) is 5.20. The third kappa shape index (κ3) is 4.08. The number of hydrogen-bond acceptors (Lipinski definition) is 5. The minimum atomic E-state index is -0.508. The lowest BCUT2D eigenvalue weighted by molar-refractivity contribution is 0.0240. The van der Waals surface area contributed by atoms with Crippen LogP contribution in [-0.4, -0.2) is 57.5 Å². The van der Waals surface area contributed by atoms with Gasteiger partial charge in [-0.2, -0.15) is 5.10 Å². The molecule has 1 fully saturated rings. The van der Waals surface area contributed by atoms with Crippen LogP contribution >= 0.6 is 0 Å². The first-order chi connectivity index (χ1) is 15.8. The number of fused-ring (bicyclic) bond motifs is 3. The fourth-order valence-corrected chi connectivity index (χ4v) is 4.26. The molecule has 2 aromatic carbocycles. The molecule has 7 nitrogen and oxygen atoms in total. The quantitative estimate of drug-likeness (QED) is 0.443. The summed E-state index contributed by atoms with van der Waals surface area (Å²) in [6.45, 7) is 8.19. The molecule has 0 bridgehead atoms. The molecule has 1 aliphatic heterocycles. The van der Waals surface area contributed by atoms with E-state index in [-0.39, 0.29) is 11.9 Å². The highest BCUT2D eigenvalue weighted by Crippen LogP contribution is 2.35. The molecule has 33 heavy (non-hydrogen) atoms. The van der Waals surface area contributed by atoms with Gasteiger partial charge < -0.3 is 14.5 Å². The van der Waals surface area contributed by atoms with Crippen LogP contribution in [0.15, 0.2) is 55.0 Å². The number of benzene rings is 2. The van der Waals surface area contributed by atoms with Gasteiger partial charge in [-0.1, -0.05) is 0 Å². The molecule has 1 saturated heterocycles. The van der Waals surface area contributed by atoms with E-state index in [0.717, 1.165) is 33.1 Å². The number of halogens is 1. The number of piperazine rings is 1. The number of rotatable bonds is 2. The van der Waals surface area contributed by atoms with Gasteiger partial charge in [0.1, 0.15) is 11.4 Å². The number of ether oxygens (including phenoxy) is 1. The molecule has 8 heteroatoms. The molecule has 1 aliphatic rings. The number of amides is 1. The molecule has 2 aromatic heterocycles. The van der Waals surface area contributed by atoms with Gasteiger partial charge in [-0.05, 0) is 57.2 Å². The zero-order valence-corrected chi connectivity index (χ0v) is 19.0. The van der Waals surface area contributed by atoms with Crippen LogP contribution in [0.3, 0.4) is 0 Å². The van der Waals surface area contributed by atoms with Crippen molar-refractivity contribution in [2.75, 3.05) is 31.1 Å².